The smallest absolute Gasteiger partial charge is 0 e. The van der Waals surface area contributed by atoms with Crippen molar-refractivity contribution in [3.05, 3.63) is 670 Å². The van der Waals surface area contributed by atoms with Crippen LogP contribution in [0.15, 0.2) is 437 Å². The summed E-state index contributed by atoms with van der Waals surface area (Å²) in [5.41, 5.74) is 38.1. The van der Waals surface area contributed by atoms with Crippen molar-refractivity contribution in [1.82, 2.24) is 0 Å². The van der Waals surface area contributed by atoms with Gasteiger partial charge in [-0.1, -0.05) is 23.7 Å². The Morgan fingerprint density at radius 1 is 0.194 bits per heavy atom. The maximum absolute atomic E-state index is 3.54. The first-order valence-corrected chi connectivity index (χ1v) is 47.5. The van der Waals surface area contributed by atoms with Crippen LogP contribution in [0.4, 0.5) is 0 Å². The molecule has 0 N–H and O–H groups in total. The number of benzene rings is 12. The van der Waals surface area contributed by atoms with Gasteiger partial charge in [0, 0.05) is 123 Å². The molecule has 0 aliphatic heterocycles. The molecule has 4 atom stereocenters. The quantitative estimate of drug-likeness (QED) is 0.0418. The van der Waals surface area contributed by atoms with Gasteiger partial charge in [0.25, 0.3) is 0 Å². The molecule has 8 aliphatic rings. The molecule has 0 bridgehead atoms. The van der Waals surface area contributed by atoms with Gasteiger partial charge in [-0.2, -0.15) is 409 Å². The van der Waals surface area contributed by atoms with E-state index in [1.54, 1.807) is 0 Å². The van der Waals surface area contributed by atoms with Crippen LogP contribution in [0.1, 0.15) is 161 Å². The molecule has 0 fully saturated rings. The average molecular weight is 2390 g/mol. The van der Waals surface area contributed by atoms with Crippen molar-refractivity contribution in [3.63, 3.8) is 0 Å². The Balaban J connectivity index is 0.000000144. The maximum atomic E-state index is 3.54. The second-order valence-electron chi connectivity index (χ2n) is 34.7. The van der Waals surface area contributed by atoms with E-state index < -0.39 is 0 Å². The molecule has 0 saturated carbocycles. The van der Waals surface area contributed by atoms with E-state index in [1.165, 1.54) is 134 Å². The minimum absolute atomic E-state index is 0. The monoisotopic (exact) mass is 2390 g/mol. The summed E-state index contributed by atoms with van der Waals surface area (Å²) >= 11 is 0. The summed E-state index contributed by atoms with van der Waals surface area (Å²) < 4.78 is 0. The van der Waals surface area contributed by atoms with Crippen molar-refractivity contribution in [2.45, 2.75) is 87.9 Å². The molecule has 8 aliphatic carbocycles. The van der Waals surface area contributed by atoms with Crippen molar-refractivity contribution in [2.75, 3.05) is 0 Å². The van der Waals surface area contributed by atoms with Gasteiger partial charge in [-0.3, -0.25) is 24.3 Å². The number of rotatable bonds is 24. The molecule has 16 aromatic rings. The maximum Gasteiger partial charge on any atom is 0 e. The standard InChI is InChI=1S/6C23H16.6Pd/c6*1-2-10-20(9-1)22-13-5-7-18(16-22)15-19-8-6-14-23(17-19)21-11-3-4-12-21;;;;;;/h1-8,13-14H,9,11,15H2;1-9,13-14,20H,11,15H2;1-9,11,13-14,20-21H,15H2;1-10,13-14H,11,15H2;1-11,13-14,21H,15H2;1-14H,15H2;;;;;;/q6*-4;;;;;;. The minimum Gasteiger partial charge on any atom is -0.267 e. The van der Waals surface area contributed by atoms with Crippen molar-refractivity contribution in [3.8, 4) is 44.5 Å². The molecule has 16 aromatic carbocycles. The minimum atomic E-state index is 0. The van der Waals surface area contributed by atoms with Crippen LogP contribution in [0.2, 0.25) is 0 Å². The molecule has 0 spiro atoms. The number of hydrogen-bond acceptors (Lipinski definition) is 0. The average Bonchev–Trinajstić information content (AvgIpc) is 1.52. The van der Waals surface area contributed by atoms with E-state index in [0.29, 0.717) is 0 Å². The van der Waals surface area contributed by atoms with E-state index >= 15 is 0 Å². The largest absolute Gasteiger partial charge is 0.267 e. The Labute approximate surface area is 937 Å². The SMILES string of the molecule is [C-]1=C(c2[c-]c(Cc3[c-]c(-c4ccc[cH-]4)ccc3)ccc2)CC=C1.[C-]1=C(c2[c-]c(Cc3[c-]c(C4=[C-]C=CC4)ccc3)ccc2)CC=C1.[C-]1=CC=CC1c1[c-]c(Cc2[c-]c(-c3ccc[cH-]3)ccc2)ccc1.[C-]1=CC=CC1c1[c-]c(Cc2[c-]c(C3=[C-]C=CC3)ccc2)ccc1.[C-]1=CC=CC1c1[c-]c(Cc2[c-]c(C3[C-]=CC=C3)ccc2)ccc1.[Pd].[Pd].[Pd].[Pd].[Pd].[Pd].[c-]1c(Cc2[c-]c(-c3ccc[cH-]3)ccc2)cccc1-c1ccc[cH-]1. The van der Waals surface area contributed by atoms with E-state index in [1.807, 2.05) is 72.9 Å². The van der Waals surface area contributed by atoms with Crippen LogP contribution in [0, 0.1) is 121 Å². The van der Waals surface area contributed by atoms with Crippen LogP contribution in [-0.2, 0) is 161 Å². The van der Waals surface area contributed by atoms with E-state index in [2.05, 4.69) is 485 Å². The van der Waals surface area contributed by atoms with E-state index in [-0.39, 0.29) is 146 Å². The van der Waals surface area contributed by atoms with Gasteiger partial charge < -0.3 is 0 Å². The van der Waals surface area contributed by atoms with Gasteiger partial charge in [0.2, 0.25) is 0 Å². The topological polar surface area (TPSA) is 0 Å². The fourth-order valence-electron chi connectivity index (χ4n) is 17.7. The predicted molar refractivity (Wildman–Crippen MR) is 565 cm³/mol. The van der Waals surface area contributed by atoms with Gasteiger partial charge in [-0.15, -0.1) is 119 Å². The molecule has 144 heavy (non-hydrogen) atoms. The first-order valence-electron chi connectivity index (χ1n) is 47.5. The zero-order valence-electron chi connectivity index (χ0n) is 78.8. The molecule has 0 nitrogen and oxygen atoms in total. The Morgan fingerprint density at radius 3 is 0.542 bits per heavy atom. The van der Waals surface area contributed by atoms with Gasteiger partial charge in [-0.05, 0) is 38.5 Å². The third-order valence-electron chi connectivity index (χ3n) is 24.7. The first kappa shape index (κ1) is 109. The van der Waals surface area contributed by atoms with Gasteiger partial charge >= 0.3 is 0 Å². The summed E-state index contributed by atoms with van der Waals surface area (Å²) in [5, 5.41) is 0. The molecular formula is C138H96Pd6-24. The molecular weight excluding hydrogens is 2300 g/mol. The van der Waals surface area contributed by atoms with Crippen LogP contribution in [0.3, 0.4) is 0 Å². The summed E-state index contributed by atoms with van der Waals surface area (Å²) in [6, 6.07) is 152. The summed E-state index contributed by atoms with van der Waals surface area (Å²) in [6.45, 7) is 0. The molecule has 732 valence electrons. The predicted octanol–water partition coefficient (Wildman–Crippen LogP) is 31.4. The number of allylic oxidation sites excluding steroid dienone is 32. The van der Waals surface area contributed by atoms with E-state index in [9.17, 15) is 0 Å². The van der Waals surface area contributed by atoms with Crippen molar-refractivity contribution in [1.29, 1.82) is 0 Å². The zero-order chi connectivity index (χ0) is 92.9. The number of hydrogen-bond donors (Lipinski definition) is 0. The molecule has 0 amide bonds. The summed E-state index contributed by atoms with van der Waals surface area (Å²) in [7, 11) is 0. The van der Waals surface area contributed by atoms with E-state index in [0.717, 1.165) is 109 Å². The molecule has 0 saturated heterocycles. The summed E-state index contributed by atoms with van der Waals surface area (Å²) in [6.07, 6.45) is 76.5. The van der Waals surface area contributed by atoms with Crippen molar-refractivity contribution < 1.29 is 123 Å². The van der Waals surface area contributed by atoms with Crippen molar-refractivity contribution in [2.24, 2.45) is 0 Å². The molecule has 0 heterocycles. The van der Waals surface area contributed by atoms with Crippen LogP contribution in [0.5, 0.6) is 0 Å². The molecule has 4 unspecified atom stereocenters. The van der Waals surface area contributed by atoms with Crippen LogP contribution < -0.4 is 0 Å². The van der Waals surface area contributed by atoms with Crippen molar-refractivity contribution >= 4 is 22.3 Å². The Bertz CT molecular complexity index is 7120. The second kappa shape index (κ2) is 56.4. The third-order valence-corrected chi connectivity index (χ3v) is 24.7. The fourth-order valence-corrected chi connectivity index (χ4v) is 17.7. The fraction of sp³-hybridized carbons (Fsp3) is 0.101. The van der Waals surface area contributed by atoms with Gasteiger partial charge in [0.1, 0.15) is 0 Å². The molecule has 0 aromatic heterocycles. The molecule has 24 rings (SSSR count). The third kappa shape index (κ3) is 31.0. The molecule has 0 radical (unpaired) electrons. The zero-order valence-corrected chi connectivity index (χ0v) is 88.2. The Hall–Kier alpha value is -12.1. The Morgan fingerprint density at radius 2 is 0.375 bits per heavy atom. The normalized spacial score (nSPS) is 15.3. The van der Waals surface area contributed by atoms with Gasteiger partial charge in [0.05, 0.1) is 0 Å². The van der Waals surface area contributed by atoms with Crippen LogP contribution in [-0.4, -0.2) is 0 Å². The van der Waals surface area contributed by atoms with E-state index in [4.69, 9.17) is 0 Å². The summed E-state index contributed by atoms with van der Waals surface area (Å²) in [5.74, 6) is 0.978. The van der Waals surface area contributed by atoms with Gasteiger partial charge in [-0.25, -0.2) is 210 Å². The van der Waals surface area contributed by atoms with Crippen LogP contribution in [0.25, 0.3) is 66.8 Å². The van der Waals surface area contributed by atoms with Gasteiger partial charge in [0.15, 0.2) is 0 Å². The first-order chi connectivity index (χ1) is 68.3. The van der Waals surface area contributed by atoms with Crippen LogP contribution >= 0.6 is 0 Å². The summed E-state index contributed by atoms with van der Waals surface area (Å²) in [4.78, 5) is 0. The Kier molecular flexibility index (Phi) is 42.7. The molecule has 6 heteroatoms. The second-order valence-corrected chi connectivity index (χ2v) is 34.7.